The van der Waals surface area contributed by atoms with Crippen molar-refractivity contribution < 1.29 is 25.9 Å². The molecular weight excluding hydrogens is 764 g/mol. The zero-order valence-corrected chi connectivity index (χ0v) is 32.2. The van der Waals surface area contributed by atoms with Crippen LogP contribution in [0.15, 0.2) is 101 Å². The van der Waals surface area contributed by atoms with Gasteiger partial charge in [0.05, 0.1) is 0 Å². The molecule has 5 aromatic rings. The van der Waals surface area contributed by atoms with Gasteiger partial charge in [-0.3, -0.25) is 14.0 Å². The first kappa shape index (κ1) is 42.0. The minimum absolute atomic E-state index is 0. The van der Waals surface area contributed by atoms with E-state index in [4.69, 9.17) is 43.9 Å². The number of likely N-dealkylation sites (N-methyl/N-ethyl adjacent to an activating group) is 1. The van der Waals surface area contributed by atoms with Crippen LogP contribution in [0.3, 0.4) is 0 Å². The highest BCUT2D eigenvalue weighted by Gasteiger charge is 2.22. The zero-order chi connectivity index (χ0) is 35.6. The molecule has 0 spiro atoms. The first-order valence-corrected chi connectivity index (χ1v) is 20.1. The molecule has 9 nitrogen and oxygen atoms in total. The van der Waals surface area contributed by atoms with E-state index in [-0.39, 0.29) is 23.2 Å². The molecule has 2 heterocycles. The Balaban J connectivity index is 0.000000214. The van der Waals surface area contributed by atoms with Crippen LogP contribution in [-0.2, 0) is 39.7 Å². The first-order valence-electron chi connectivity index (χ1n) is 15.6. The lowest BCUT2D eigenvalue weighted by molar-refractivity contribution is 0.310. The number of benzene rings is 4. The second kappa shape index (κ2) is 19.4. The number of nitrogens with zero attached hydrogens (tertiary/aromatic N) is 3. The average Bonchev–Trinajstić information content (AvgIpc) is 3.37. The van der Waals surface area contributed by atoms with E-state index < -0.39 is 30.0 Å². The number of para-hydroxylation sites is 1. The van der Waals surface area contributed by atoms with Gasteiger partial charge in [-0.1, -0.05) is 72.8 Å². The Morgan fingerprint density at radius 1 is 0.680 bits per heavy atom. The maximum absolute atomic E-state index is 11.2. The van der Waals surface area contributed by atoms with E-state index in [1.165, 1.54) is 52.0 Å². The van der Waals surface area contributed by atoms with E-state index >= 15 is 0 Å². The number of hydrogen-bond donors (Lipinski definition) is 2. The summed E-state index contributed by atoms with van der Waals surface area (Å²) in [6.07, 6.45) is 1.15. The van der Waals surface area contributed by atoms with Crippen LogP contribution >= 0.6 is 47.2 Å². The highest BCUT2D eigenvalue weighted by Crippen LogP contribution is 2.31. The number of fused-ring (bicyclic) bond motifs is 4. The quantitative estimate of drug-likeness (QED) is 0.111. The summed E-state index contributed by atoms with van der Waals surface area (Å²) < 4.78 is 65.2. The van der Waals surface area contributed by atoms with Crippen LogP contribution in [0.25, 0.3) is 21.7 Å². The molecule has 0 saturated carbocycles. The zero-order valence-electron chi connectivity index (χ0n) is 27.5. The van der Waals surface area contributed by atoms with Crippen molar-refractivity contribution in [2.75, 3.05) is 50.9 Å². The molecule has 6 rings (SSSR count). The third-order valence-corrected chi connectivity index (χ3v) is 10.5. The van der Waals surface area contributed by atoms with Crippen molar-refractivity contribution in [3.63, 3.8) is 0 Å². The highest BCUT2D eigenvalue weighted by molar-refractivity contribution is 7.86. The first-order chi connectivity index (χ1) is 23.4. The van der Waals surface area contributed by atoms with Crippen LogP contribution in [0.4, 0.5) is 0 Å². The summed E-state index contributed by atoms with van der Waals surface area (Å²) in [6, 6.07) is 27.1. The normalized spacial score (nSPS) is 13.2. The van der Waals surface area contributed by atoms with Crippen LogP contribution in [0, 0.1) is 0 Å². The van der Waals surface area contributed by atoms with Crippen molar-refractivity contribution in [3.8, 4) is 0 Å². The number of rotatable bonds is 10. The lowest BCUT2D eigenvalue weighted by Gasteiger charge is -2.24. The van der Waals surface area contributed by atoms with E-state index in [9.17, 15) is 16.8 Å². The minimum Gasteiger partial charge on any atom is -0.340 e. The number of aromatic nitrogens is 1. The largest absolute Gasteiger partial charge is 0.340 e. The van der Waals surface area contributed by atoms with Gasteiger partial charge in [0.15, 0.2) is 0 Å². The number of alkyl halides is 3. The van der Waals surface area contributed by atoms with E-state index in [1.807, 2.05) is 0 Å². The Bertz CT molecular complexity index is 1980. The van der Waals surface area contributed by atoms with Crippen molar-refractivity contribution in [2.24, 2.45) is 0 Å². The van der Waals surface area contributed by atoms with Gasteiger partial charge in [0.1, 0.15) is 9.79 Å². The standard InChI is InChI=1S/C19H20N2.C10H8O6S2.C6H12Cl3N.ClH/c1-20-12-11-19-17(14-20)16-9-5-6-10-18(16)21(19)13-15-7-3-2-4-8-15;11-17(12,13)9-5-1-3-7-8(9)4-2-6-10(7)18(14,15)16;7-1-4-10(5-2-8)6-3-9;/h2-10H,11-14H2,1H3;1-6H,(H,11,12,13)(H,14,15,16);1-6H2;1H. The molecule has 1 aliphatic heterocycles. The van der Waals surface area contributed by atoms with E-state index in [1.54, 1.807) is 0 Å². The second-order valence-corrected chi connectivity index (χ2v) is 15.4. The number of hydrogen-bond acceptors (Lipinski definition) is 6. The third-order valence-electron chi connectivity index (χ3n) is 8.14. The summed E-state index contributed by atoms with van der Waals surface area (Å²) in [7, 11) is -6.72. The smallest absolute Gasteiger partial charge is 0.295 e. The lowest BCUT2D eigenvalue weighted by atomic mass is 10.1. The molecule has 15 heteroatoms. The van der Waals surface area contributed by atoms with Gasteiger partial charge >= 0.3 is 0 Å². The van der Waals surface area contributed by atoms with Crippen molar-refractivity contribution in [3.05, 3.63) is 108 Å². The molecule has 0 atom stereocenters. The topological polar surface area (TPSA) is 120 Å². The van der Waals surface area contributed by atoms with Gasteiger partial charge in [-0.2, -0.15) is 16.8 Å². The van der Waals surface area contributed by atoms with Gasteiger partial charge in [0.2, 0.25) is 0 Å². The molecule has 0 amide bonds. The fourth-order valence-corrected chi connectivity index (χ4v) is 8.01. The van der Waals surface area contributed by atoms with Gasteiger partial charge in [0, 0.05) is 90.7 Å². The molecule has 0 bridgehead atoms. The van der Waals surface area contributed by atoms with E-state index in [0.29, 0.717) is 17.6 Å². The Kier molecular flexibility index (Phi) is 16.3. The summed E-state index contributed by atoms with van der Waals surface area (Å²) in [5.41, 5.74) is 5.80. The molecule has 0 aliphatic carbocycles. The fourth-order valence-electron chi connectivity index (χ4n) is 5.88. The van der Waals surface area contributed by atoms with Crippen LogP contribution < -0.4 is 0 Å². The molecule has 0 fully saturated rings. The molecule has 4 aromatic carbocycles. The van der Waals surface area contributed by atoms with Crippen LogP contribution in [-0.4, -0.2) is 91.2 Å². The summed E-state index contributed by atoms with van der Waals surface area (Å²) in [5.74, 6) is 1.94. The SMILES string of the molecule is CN1CCc2c(c3ccccc3n2Cc2ccccc2)C1.Cl.ClCCN(CCCl)CCCl.O=S(=O)(O)c1cccc2c(S(=O)(=O)O)cccc12. The van der Waals surface area contributed by atoms with Crippen molar-refractivity contribution in [1.82, 2.24) is 14.4 Å². The molecule has 0 saturated heterocycles. The summed E-state index contributed by atoms with van der Waals surface area (Å²) >= 11 is 16.6. The van der Waals surface area contributed by atoms with Gasteiger partial charge in [-0.15, -0.1) is 47.2 Å². The minimum atomic E-state index is -4.47. The van der Waals surface area contributed by atoms with Crippen LogP contribution in [0.2, 0.25) is 0 Å². The van der Waals surface area contributed by atoms with Gasteiger partial charge < -0.3 is 9.47 Å². The fraction of sp³-hybridized carbons (Fsp3) is 0.314. The highest BCUT2D eigenvalue weighted by atomic mass is 35.5. The molecule has 2 N–H and O–H groups in total. The van der Waals surface area contributed by atoms with Crippen molar-refractivity contribution in [1.29, 1.82) is 0 Å². The van der Waals surface area contributed by atoms with Crippen molar-refractivity contribution in [2.45, 2.75) is 29.3 Å². The molecular formula is C35H41Cl4N3O6S2. The summed E-state index contributed by atoms with van der Waals surface area (Å²) in [4.78, 5) is 3.74. The third kappa shape index (κ3) is 11.0. The lowest BCUT2D eigenvalue weighted by Crippen LogP contribution is -2.29. The van der Waals surface area contributed by atoms with Gasteiger partial charge in [-0.25, -0.2) is 0 Å². The van der Waals surface area contributed by atoms with Crippen LogP contribution in [0.1, 0.15) is 16.8 Å². The Hall–Kier alpha value is -2.42. The van der Waals surface area contributed by atoms with E-state index in [0.717, 1.165) is 57.8 Å². The monoisotopic (exact) mass is 803 g/mol. The Morgan fingerprint density at radius 2 is 1.16 bits per heavy atom. The van der Waals surface area contributed by atoms with E-state index in [2.05, 4.69) is 76.0 Å². The Labute approximate surface area is 315 Å². The number of halogens is 4. The van der Waals surface area contributed by atoms with Gasteiger partial charge in [0.25, 0.3) is 20.2 Å². The summed E-state index contributed by atoms with van der Waals surface area (Å²) in [5, 5.41) is 1.47. The molecule has 272 valence electrons. The molecule has 1 aromatic heterocycles. The molecule has 1 aliphatic rings. The predicted molar refractivity (Wildman–Crippen MR) is 207 cm³/mol. The maximum Gasteiger partial charge on any atom is 0.295 e. The average molecular weight is 806 g/mol. The second-order valence-electron chi connectivity index (χ2n) is 11.5. The maximum atomic E-state index is 11.2. The predicted octanol–water partition coefficient (Wildman–Crippen LogP) is 7.44. The molecule has 0 unspecified atom stereocenters. The Morgan fingerprint density at radius 3 is 1.66 bits per heavy atom. The van der Waals surface area contributed by atoms with Gasteiger partial charge in [-0.05, 0) is 36.4 Å². The van der Waals surface area contributed by atoms with Crippen molar-refractivity contribution >= 4 is 89.1 Å². The summed E-state index contributed by atoms with van der Waals surface area (Å²) in [6.45, 7) is 5.82. The van der Waals surface area contributed by atoms with Crippen LogP contribution in [0.5, 0.6) is 0 Å². The molecule has 50 heavy (non-hydrogen) atoms. The molecule has 0 radical (unpaired) electrons.